The summed E-state index contributed by atoms with van der Waals surface area (Å²) in [4.78, 5) is 20.0. The zero-order valence-electron chi connectivity index (χ0n) is 14.4. The molecule has 2 aromatic rings. The number of rotatable bonds is 6. The first-order chi connectivity index (χ1) is 12.2. The Hall–Kier alpha value is -1.28. The molecule has 25 heavy (non-hydrogen) atoms. The first-order valence-electron chi connectivity index (χ1n) is 8.72. The molecule has 4 heterocycles. The summed E-state index contributed by atoms with van der Waals surface area (Å²) in [5.41, 5.74) is 3.60. The number of ether oxygens (including phenoxy) is 1. The van der Waals surface area contributed by atoms with E-state index in [2.05, 4.69) is 33.6 Å². The topological polar surface area (TPSA) is 54.5 Å². The van der Waals surface area contributed by atoms with E-state index in [-0.39, 0.29) is 11.5 Å². The molecule has 134 valence electrons. The molecule has 1 atom stereocenters. The van der Waals surface area contributed by atoms with E-state index in [0.29, 0.717) is 18.2 Å². The van der Waals surface area contributed by atoms with Crippen molar-refractivity contribution in [2.24, 2.45) is 5.92 Å². The number of likely N-dealkylation sites (tertiary alicyclic amines) is 1. The zero-order valence-corrected chi connectivity index (χ0v) is 16.0. The van der Waals surface area contributed by atoms with Crippen LogP contribution in [0, 0.1) is 12.8 Å². The van der Waals surface area contributed by atoms with Crippen molar-refractivity contribution in [3.05, 3.63) is 38.5 Å². The molecule has 0 unspecified atom stereocenters. The highest BCUT2D eigenvalue weighted by Crippen LogP contribution is 2.42. The largest absolute Gasteiger partial charge is 0.372 e. The van der Waals surface area contributed by atoms with Gasteiger partial charge < -0.3 is 10.1 Å². The van der Waals surface area contributed by atoms with Gasteiger partial charge in [0.2, 0.25) is 0 Å². The van der Waals surface area contributed by atoms with E-state index in [1.807, 2.05) is 11.3 Å². The van der Waals surface area contributed by atoms with Crippen molar-refractivity contribution in [2.75, 3.05) is 26.2 Å². The second-order valence-electron chi connectivity index (χ2n) is 6.99. The van der Waals surface area contributed by atoms with E-state index in [9.17, 15) is 4.79 Å². The van der Waals surface area contributed by atoms with Crippen LogP contribution in [0.15, 0.2) is 22.3 Å². The van der Waals surface area contributed by atoms with Crippen molar-refractivity contribution in [2.45, 2.75) is 31.9 Å². The van der Waals surface area contributed by atoms with Crippen molar-refractivity contribution in [1.29, 1.82) is 0 Å². The van der Waals surface area contributed by atoms with Crippen LogP contribution < -0.4 is 5.32 Å². The van der Waals surface area contributed by atoms with Crippen LogP contribution >= 0.6 is 22.7 Å². The van der Waals surface area contributed by atoms with Crippen LogP contribution in [0.5, 0.6) is 0 Å². The fraction of sp³-hybridized carbons (Fsp3) is 0.556. The van der Waals surface area contributed by atoms with E-state index in [4.69, 9.17) is 4.74 Å². The quantitative estimate of drug-likeness (QED) is 0.841. The molecule has 1 N–H and O–H groups in total. The molecule has 0 bridgehead atoms. The lowest BCUT2D eigenvalue weighted by Gasteiger charge is -2.50. The van der Waals surface area contributed by atoms with Gasteiger partial charge in [0.1, 0.15) is 5.69 Å². The Bertz CT molecular complexity index is 723. The van der Waals surface area contributed by atoms with Crippen LogP contribution in [-0.2, 0) is 11.3 Å². The molecule has 7 heteroatoms. The smallest absolute Gasteiger partial charge is 0.270 e. The van der Waals surface area contributed by atoms with Gasteiger partial charge in [0, 0.05) is 43.0 Å². The third kappa shape index (κ3) is 3.51. The Morgan fingerprint density at radius 2 is 2.40 bits per heavy atom. The molecule has 0 aliphatic carbocycles. The maximum absolute atomic E-state index is 12.0. The standard InChI is InChI=1S/C18H23N3O2S2/c1-13-4-7-25-16(13)8-21-10-18(11-21)14(3-6-23-18)2-5-19-17(22)15-9-24-12-20-15/h4,7,9,12,14H,2-3,5-6,8,10-11H2,1H3,(H,19,22)/t14-/m0/s1. The monoisotopic (exact) mass is 377 g/mol. The van der Waals surface area contributed by atoms with Gasteiger partial charge in [-0.25, -0.2) is 4.98 Å². The number of carbonyl (C=O) groups is 1. The Kier molecular flexibility index (Phi) is 4.90. The lowest BCUT2D eigenvalue weighted by molar-refractivity contribution is -0.136. The summed E-state index contributed by atoms with van der Waals surface area (Å²) >= 11 is 3.28. The molecule has 0 saturated carbocycles. The second-order valence-corrected chi connectivity index (χ2v) is 8.71. The molecule has 2 saturated heterocycles. The lowest BCUT2D eigenvalue weighted by atomic mass is 9.79. The van der Waals surface area contributed by atoms with Gasteiger partial charge in [-0.2, -0.15) is 0 Å². The number of thiazole rings is 1. The predicted octanol–water partition coefficient (Wildman–Crippen LogP) is 2.92. The Balaban J connectivity index is 1.26. The summed E-state index contributed by atoms with van der Waals surface area (Å²) in [5.74, 6) is 0.460. The van der Waals surface area contributed by atoms with Crippen LogP contribution in [0.25, 0.3) is 0 Å². The number of hydrogen-bond acceptors (Lipinski definition) is 6. The predicted molar refractivity (Wildman–Crippen MR) is 100 cm³/mol. The Labute approximate surface area is 156 Å². The summed E-state index contributed by atoms with van der Waals surface area (Å²) < 4.78 is 6.14. The van der Waals surface area contributed by atoms with Gasteiger partial charge in [0.05, 0.1) is 11.1 Å². The molecule has 4 rings (SSSR count). The summed E-state index contributed by atoms with van der Waals surface area (Å²) in [6, 6.07) is 2.19. The van der Waals surface area contributed by atoms with Crippen molar-refractivity contribution >= 4 is 28.6 Å². The number of hydrogen-bond donors (Lipinski definition) is 1. The number of nitrogens with zero attached hydrogens (tertiary/aromatic N) is 2. The van der Waals surface area contributed by atoms with Gasteiger partial charge in [-0.15, -0.1) is 22.7 Å². The maximum Gasteiger partial charge on any atom is 0.270 e. The number of aromatic nitrogens is 1. The molecular weight excluding hydrogens is 354 g/mol. The van der Waals surface area contributed by atoms with Gasteiger partial charge >= 0.3 is 0 Å². The average Bonchev–Trinajstić information content (AvgIpc) is 3.29. The van der Waals surface area contributed by atoms with Crippen LogP contribution in [0.3, 0.4) is 0 Å². The normalized spacial score (nSPS) is 22.2. The molecule has 5 nitrogen and oxygen atoms in total. The lowest BCUT2D eigenvalue weighted by Crippen LogP contribution is -2.64. The van der Waals surface area contributed by atoms with Gasteiger partial charge in [-0.1, -0.05) is 0 Å². The summed E-state index contributed by atoms with van der Waals surface area (Å²) in [7, 11) is 0. The zero-order chi connectivity index (χ0) is 17.3. The minimum atomic E-state index is -0.0716. The minimum absolute atomic E-state index is 0.0104. The third-order valence-electron chi connectivity index (χ3n) is 5.36. The Morgan fingerprint density at radius 1 is 1.52 bits per heavy atom. The number of nitrogens with one attached hydrogen (secondary N) is 1. The first kappa shape index (κ1) is 17.1. The highest BCUT2D eigenvalue weighted by molar-refractivity contribution is 7.10. The van der Waals surface area contributed by atoms with E-state index < -0.39 is 0 Å². The fourth-order valence-corrected chi connectivity index (χ4v) is 5.39. The summed E-state index contributed by atoms with van der Waals surface area (Å²) in [5, 5.41) is 6.94. The van der Waals surface area contributed by atoms with Gasteiger partial charge in [0.25, 0.3) is 5.91 Å². The van der Waals surface area contributed by atoms with Gasteiger partial charge in [-0.3, -0.25) is 9.69 Å². The van der Waals surface area contributed by atoms with Crippen LogP contribution in [0.2, 0.25) is 0 Å². The van der Waals surface area contributed by atoms with Gasteiger partial charge in [-0.05, 0) is 42.7 Å². The van der Waals surface area contributed by atoms with Crippen molar-refractivity contribution in [3.8, 4) is 0 Å². The maximum atomic E-state index is 12.0. The number of aryl methyl sites for hydroxylation is 1. The van der Waals surface area contributed by atoms with E-state index in [1.54, 1.807) is 10.9 Å². The molecule has 2 aromatic heterocycles. The first-order valence-corrected chi connectivity index (χ1v) is 10.5. The van der Waals surface area contributed by atoms with Crippen LogP contribution in [-0.4, -0.2) is 47.6 Å². The van der Waals surface area contributed by atoms with Crippen molar-refractivity contribution in [1.82, 2.24) is 15.2 Å². The summed E-state index contributed by atoms with van der Waals surface area (Å²) in [6.45, 7) is 6.76. The van der Waals surface area contributed by atoms with Crippen molar-refractivity contribution in [3.63, 3.8) is 0 Å². The van der Waals surface area contributed by atoms with Crippen molar-refractivity contribution < 1.29 is 9.53 Å². The van der Waals surface area contributed by atoms with E-state index in [1.165, 1.54) is 21.8 Å². The molecule has 2 fully saturated rings. The molecule has 0 aromatic carbocycles. The summed E-state index contributed by atoms with van der Waals surface area (Å²) in [6.07, 6.45) is 2.07. The number of thiophene rings is 1. The second kappa shape index (κ2) is 7.15. The highest BCUT2D eigenvalue weighted by atomic mass is 32.1. The van der Waals surface area contributed by atoms with Crippen LogP contribution in [0.4, 0.5) is 0 Å². The molecule has 2 aliphatic heterocycles. The van der Waals surface area contributed by atoms with Gasteiger partial charge in [0.15, 0.2) is 0 Å². The number of carbonyl (C=O) groups excluding carboxylic acids is 1. The van der Waals surface area contributed by atoms with E-state index >= 15 is 0 Å². The molecule has 2 aliphatic rings. The Morgan fingerprint density at radius 3 is 3.12 bits per heavy atom. The number of amides is 1. The van der Waals surface area contributed by atoms with E-state index in [0.717, 1.165) is 39.1 Å². The molecule has 0 radical (unpaired) electrons. The molecule has 1 spiro atoms. The third-order valence-corrected chi connectivity index (χ3v) is 6.96. The highest BCUT2D eigenvalue weighted by Gasteiger charge is 2.52. The average molecular weight is 378 g/mol. The molecule has 1 amide bonds. The SMILES string of the molecule is Cc1ccsc1CN1CC2(C1)OCC[C@@H]2CCNC(=O)c1cscn1. The minimum Gasteiger partial charge on any atom is -0.372 e. The van der Waals surface area contributed by atoms with Crippen LogP contribution in [0.1, 0.15) is 33.8 Å². The molecular formula is C18H23N3O2S2. The fourth-order valence-electron chi connectivity index (χ4n) is 3.91.